The highest BCUT2D eigenvalue weighted by Gasteiger charge is 2.16. The number of methoxy groups -OCH3 is 1. The number of para-hydroxylation sites is 1. The summed E-state index contributed by atoms with van der Waals surface area (Å²) < 4.78 is 12.9. The molecule has 0 aliphatic rings. The summed E-state index contributed by atoms with van der Waals surface area (Å²) in [6.45, 7) is 4.54. The van der Waals surface area contributed by atoms with E-state index in [1.807, 2.05) is 16.7 Å². The number of benzene rings is 2. The molecule has 8 heteroatoms. The minimum atomic E-state index is -0.0421. The average Bonchev–Trinajstić information content (AvgIpc) is 3.13. The van der Waals surface area contributed by atoms with Crippen LogP contribution in [0.3, 0.4) is 0 Å². The highest BCUT2D eigenvalue weighted by atomic mass is 35.5. The predicted molar refractivity (Wildman–Crippen MR) is 114 cm³/mol. The van der Waals surface area contributed by atoms with Crippen LogP contribution in [0.5, 0.6) is 11.5 Å². The van der Waals surface area contributed by atoms with Gasteiger partial charge in [-0.1, -0.05) is 41.6 Å². The Labute approximate surface area is 178 Å². The van der Waals surface area contributed by atoms with Crippen molar-refractivity contribution in [3.8, 4) is 11.5 Å². The largest absolute Gasteiger partial charge is 0.496 e. The molecule has 3 rings (SSSR count). The second-order valence-corrected chi connectivity index (χ2v) is 7.33. The number of Topliss-reactive ketones (excluding diaryl/α,β-unsaturated/α-hetero) is 1. The Morgan fingerprint density at radius 1 is 1.21 bits per heavy atom. The molecule has 0 saturated carbocycles. The molecule has 2 aromatic carbocycles. The molecule has 0 N–H and O–H groups in total. The average molecular weight is 430 g/mol. The minimum absolute atomic E-state index is 0.0421. The molecule has 150 valence electrons. The molecule has 0 atom stereocenters. The third kappa shape index (κ3) is 5.40. The number of hydrogen-bond acceptors (Lipinski definition) is 6. The summed E-state index contributed by atoms with van der Waals surface area (Å²) in [4.78, 5) is 12.6. The van der Waals surface area contributed by atoms with Crippen molar-refractivity contribution in [1.82, 2.24) is 14.8 Å². The molecule has 1 heterocycles. The summed E-state index contributed by atoms with van der Waals surface area (Å²) >= 11 is 7.21. The Bertz CT molecular complexity index is 989. The van der Waals surface area contributed by atoms with Crippen molar-refractivity contribution in [2.45, 2.75) is 18.3 Å². The number of nitrogens with zero attached hydrogens (tertiary/aromatic N) is 3. The summed E-state index contributed by atoms with van der Waals surface area (Å²) in [5, 5.41) is 9.69. The first-order valence-corrected chi connectivity index (χ1v) is 10.2. The van der Waals surface area contributed by atoms with Gasteiger partial charge in [-0.3, -0.25) is 9.36 Å². The maximum Gasteiger partial charge on any atom is 0.192 e. The third-order valence-corrected chi connectivity index (χ3v) is 5.25. The summed E-state index contributed by atoms with van der Waals surface area (Å²) in [5.41, 5.74) is 0.545. The van der Waals surface area contributed by atoms with Gasteiger partial charge in [-0.15, -0.1) is 16.8 Å². The van der Waals surface area contributed by atoms with Crippen LogP contribution in [0.15, 0.2) is 66.3 Å². The van der Waals surface area contributed by atoms with Crippen molar-refractivity contribution in [3.63, 3.8) is 0 Å². The number of carbonyl (C=O) groups excluding carboxylic acids is 1. The number of allylic oxidation sites excluding steroid dienone is 1. The fraction of sp³-hybridized carbons (Fsp3) is 0.190. The zero-order valence-electron chi connectivity index (χ0n) is 15.9. The maximum absolute atomic E-state index is 12.6. The SMILES string of the molecule is C=CCn1c(COc2ccc(Cl)cc2)nnc1SCC(=O)c1ccccc1OC. The van der Waals surface area contributed by atoms with E-state index in [4.69, 9.17) is 21.1 Å². The Morgan fingerprint density at radius 3 is 2.69 bits per heavy atom. The molecule has 0 aliphatic carbocycles. The zero-order valence-corrected chi connectivity index (χ0v) is 17.4. The van der Waals surface area contributed by atoms with Crippen molar-refractivity contribution in [1.29, 1.82) is 0 Å². The van der Waals surface area contributed by atoms with Crippen molar-refractivity contribution < 1.29 is 14.3 Å². The molecule has 0 aliphatic heterocycles. The van der Waals surface area contributed by atoms with Gasteiger partial charge in [-0.25, -0.2) is 0 Å². The molecule has 0 fully saturated rings. The van der Waals surface area contributed by atoms with E-state index in [2.05, 4.69) is 16.8 Å². The molecule has 0 bridgehead atoms. The number of carbonyl (C=O) groups is 1. The Morgan fingerprint density at radius 2 is 1.97 bits per heavy atom. The minimum Gasteiger partial charge on any atom is -0.496 e. The van der Waals surface area contributed by atoms with Crippen LogP contribution >= 0.6 is 23.4 Å². The number of aromatic nitrogens is 3. The van der Waals surface area contributed by atoms with E-state index in [-0.39, 0.29) is 18.1 Å². The van der Waals surface area contributed by atoms with E-state index in [1.165, 1.54) is 11.8 Å². The fourth-order valence-electron chi connectivity index (χ4n) is 2.61. The van der Waals surface area contributed by atoms with Gasteiger partial charge in [0.1, 0.15) is 18.1 Å². The van der Waals surface area contributed by atoms with Crippen LogP contribution in [0.25, 0.3) is 0 Å². The van der Waals surface area contributed by atoms with E-state index in [1.54, 1.807) is 49.6 Å². The van der Waals surface area contributed by atoms with Gasteiger partial charge in [0.15, 0.2) is 16.8 Å². The number of hydrogen-bond donors (Lipinski definition) is 0. The van der Waals surface area contributed by atoms with Crippen LogP contribution in [0.1, 0.15) is 16.2 Å². The maximum atomic E-state index is 12.6. The molecule has 0 saturated heterocycles. The lowest BCUT2D eigenvalue weighted by molar-refractivity contribution is 0.101. The van der Waals surface area contributed by atoms with Gasteiger partial charge < -0.3 is 9.47 Å². The number of ketones is 1. The lowest BCUT2D eigenvalue weighted by atomic mass is 10.1. The van der Waals surface area contributed by atoms with Gasteiger partial charge in [0.2, 0.25) is 0 Å². The van der Waals surface area contributed by atoms with Crippen LogP contribution < -0.4 is 9.47 Å². The topological polar surface area (TPSA) is 66.2 Å². The highest BCUT2D eigenvalue weighted by molar-refractivity contribution is 7.99. The molecule has 0 amide bonds. The summed E-state index contributed by atoms with van der Waals surface area (Å²) in [6, 6.07) is 14.3. The lowest BCUT2D eigenvalue weighted by Crippen LogP contribution is -2.09. The molecular formula is C21H20ClN3O3S. The number of rotatable bonds is 10. The number of ether oxygens (including phenoxy) is 2. The Kier molecular flexibility index (Phi) is 7.32. The van der Waals surface area contributed by atoms with E-state index in [0.717, 1.165) is 0 Å². The second kappa shape index (κ2) is 10.1. The normalized spacial score (nSPS) is 10.6. The molecular weight excluding hydrogens is 410 g/mol. The van der Waals surface area contributed by atoms with E-state index >= 15 is 0 Å². The lowest BCUT2D eigenvalue weighted by Gasteiger charge is -2.10. The van der Waals surface area contributed by atoms with Crippen molar-refractivity contribution in [2.75, 3.05) is 12.9 Å². The quantitative estimate of drug-likeness (QED) is 0.265. The van der Waals surface area contributed by atoms with Gasteiger partial charge in [0.05, 0.1) is 18.4 Å². The third-order valence-electron chi connectivity index (χ3n) is 4.03. The summed E-state index contributed by atoms with van der Waals surface area (Å²) in [6.07, 6.45) is 1.75. The van der Waals surface area contributed by atoms with Crippen LogP contribution in [-0.4, -0.2) is 33.4 Å². The second-order valence-electron chi connectivity index (χ2n) is 5.95. The Balaban J connectivity index is 1.68. The molecule has 1 aromatic heterocycles. The van der Waals surface area contributed by atoms with Crippen LogP contribution in [0.2, 0.25) is 5.02 Å². The van der Waals surface area contributed by atoms with E-state index < -0.39 is 0 Å². The summed E-state index contributed by atoms with van der Waals surface area (Å²) in [7, 11) is 1.55. The number of halogens is 1. The monoisotopic (exact) mass is 429 g/mol. The van der Waals surface area contributed by atoms with E-state index in [0.29, 0.717) is 39.6 Å². The molecule has 3 aromatic rings. The van der Waals surface area contributed by atoms with Crippen LogP contribution in [0, 0.1) is 0 Å². The first-order chi connectivity index (χ1) is 14.1. The van der Waals surface area contributed by atoms with Crippen molar-refractivity contribution in [3.05, 3.63) is 77.6 Å². The molecule has 0 unspecified atom stereocenters. The van der Waals surface area contributed by atoms with Crippen LogP contribution in [-0.2, 0) is 13.2 Å². The van der Waals surface area contributed by atoms with Crippen molar-refractivity contribution in [2.24, 2.45) is 0 Å². The van der Waals surface area contributed by atoms with Crippen molar-refractivity contribution >= 4 is 29.1 Å². The molecule has 0 radical (unpaired) electrons. The fourth-order valence-corrected chi connectivity index (χ4v) is 3.58. The molecule has 0 spiro atoms. The number of thioether (sulfide) groups is 1. The van der Waals surface area contributed by atoms with Crippen LogP contribution in [0.4, 0.5) is 0 Å². The van der Waals surface area contributed by atoms with Gasteiger partial charge in [0, 0.05) is 11.6 Å². The zero-order chi connectivity index (χ0) is 20.6. The molecule has 29 heavy (non-hydrogen) atoms. The van der Waals surface area contributed by atoms with Gasteiger partial charge >= 0.3 is 0 Å². The smallest absolute Gasteiger partial charge is 0.192 e. The summed E-state index contributed by atoms with van der Waals surface area (Å²) in [5.74, 6) is 2.06. The highest BCUT2D eigenvalue weighted by Crippen LogP contribution is 2.24. The van der Waals surface area contributed by atoms with Gasteiger partial charge in [0.25, 0.3) is 0 Å². The van der Waals surface area contributed by atoms with E-state index in [9.17, 15) is 4.79 Å². The van der Waals surface area contributed by atoms with Gasteiger partial charge in [-0.05, 0) is 36.4 Å². The van der Waals surface area contributed by atoms with Gasteiger partial charge in [-0.2, -0.15) is 0 Å². The Hall–Kier alpha value is -2.77. The first-order valence-electron chi connectivity index (χ1n) is 8.82. The molecule has 6 nitrogen and oxygen atoms in total. The standard InChI is InChI=1S/C21H20ClN3O3S/c1-3-12-25-20(13-28-16-10-8-15(22)9-11-16)23-24-21(25)29-14-18(26)17-6-4-5-7-19(17)27-2/h3-11H,1,12-14H2,2H3. The first kappa shape index (κ1) is 21.0. The predicted octanol–water partition coefficient (Wildman–Crippen LogP) is 4.68.